The number of rotatable bonds is 3. The fraction of sp³-hybridized carbons (Fsp3) is 0.100. The number of hydrogen-bond acceptors (Lipinski definition) is 3. The van der Waals surface area contributed by atoms with Crippen molar-refractivity contribution in [1.82, 2.24) is 14.8 Å². The third-order valence-corrected chi connectivity index (χ3v) is 2.01. The molecule has 1 aromatic carbocycles. The summed E-state index contributed by atoms with van der Waals surface area (Å²) in [6.07, 6.45) is 0.296. The van der Waals surface area contributed by atoms with Gasteiger partial charge in [0.15, 0.2) is 0 Å². The summed E-state index contributed by atoms with van der Waals surface area (Å²) >= 11 is 0. The first-order valence-corrected chi connectivity index (χ1v) is 4.46. The minimum atomic E-state index is -1.94. The second-order valence-electron chi connectivity index (χ2n) is 3.08. The number of Topliss-reactive ketones (excluding diaryl/α,β-unsaturated/α-hetero) is 1. The van der Waals surface area contributed by atoms with Gasteiger partial charge in [0.25, 0.3) is 6.30 Å². The summed E-state index contributed by atoms with van der Waals surface area (Å²) in [6.45, 7) is 0. The van der Waals surface area contributed by atoms with E-state index in [2.05, 4.69) is 10.1 Å². The maximum absolute atomic E-state index is 13.6. The highest BCUT2D eigenvalue weighted by atomic mass is 19.1. The van der Waals surface area contributed by atoms with Gasteiger partial charge in [-0.2, -0.15) is 5.10 Å². The number of ketones is 1. The van der Waals surface area contributed by atoms with Gasteiger partial charge in [-0.3, -0.25) is 4.79 Å². The first-order valence-electron chi connectivity index (χ1n) is 4.46. The van der Waals surface area contributed by atoms with E-state index in [-0.39, 0.29) is 5.56 Å². The van der Waals surface area contributed by atoms with Crippen molar-refractivity contribution in [3.8, 4) is 0 Å². The van der Waals surface area contributed by atoms with Crippen LogP contribution in [0.1, 0.15) is 16.7 Å². The molecule has 0 radical (unpaired) electrons. The number of benzene rings is 1. The number of alkyl halides is 1. The van der Waals surface area contributed by atoms with Crippen molar-refractivity contribution in [1.29, 1.82) is 0 Å². The van der Waals surface area contributed by atoms with Gasteiger partial charge in [-0.1, -0.05) is 0 Å². The van der Waals surface area contributed by atoms with E-state index in [9.17, 15) is 13.6 Å². The number of carbonyl (C=O) groups is 1. The zero-order valence-electron chi connectivity index (χ0n) is 8.05. The van der Waals surface area contributed by atoms with Gasteiger partial charge in [0.1, 0.15) is 18.5 Å². The van der Waals surface area contributed by atoms with E-state index in [1.54, 1.807) is 0 Å². The average Bonchev–Trinajstić information content (AvgIpc) is 2.81. The van der Waals surface area contributed by atoms with Crippen molar-refractivity contribution >= 4 is 5.78 Å². The van der Waals surface area contributed by atoms with Gasteiger partial charge in [0.2, 0.25) is 5.78 Å². The normalized spacial score (nSPS) is 12.4. The molecule has 0 bridgehead atoms. The van der Waals surface area contributed by atoms with E-state index in [1.165, 1.54) is 12.1 Å². The summed E-state index contributed by atoms with van der Waals surface area (Å²) in [4.78, 5) is 15.1. The maximum Gasteiger partial charge on any atom is 0.255 e. The Balaban J connectivity index is 2.22. The van der Waals surface area contributed by atoms with E-state index in [1.807, 2.05) is 0 Å². The van der Waals surface area contributed by atoms with Gasteiger partial charge in [-0.05, 0) is 24.3 Å². The molecular weight excluding hydrogens is 216 g/mol. The topological polar surface area (TPSA) is 47.8 Å². The van der Waals surface area contributed by atoms with Crippen LogP contribution in [0.25, 0.3) is 0 Å². The molecule has 0 N–H and O–H groups in total. The van der Waals surface area contributed by atoms with Crippen LogP contribution in [0.3, 0.4) is 0 Å². The predicted octanol–water partition coefficient (Wildman–Crippen LogP) is 1.77. The molecule has 0 aliphatic rings. The summed E-state index contributed by atoms with van der Waals surface area (Å²) in [7, 11) is 0. The zero-order valence-corrected chi connectivity index (χ0v) is 8.05. The van der Waals surface area contributed by atoms with Gasteiger partial charge in [-0.15, -0.1) is 0 Å². The van der Waals surface area contributed by atoms with Crippen molar-refractivity contribution in [3.63, 3.8) is 0 Å². The Bertz CT molecular complexity index is 481. The molecule has 1 heterocycles. The highest BCUT2D eigenvalue weighted by molar-refractivity contribution is 5.97. The van der Waals surface area contributed by atoms with Crippen molar-refractivity contribution in [2.45, 2.75) is 6.30 Å². The lowest BCUT2D eigenvalue weighted by molar-refractivity contribution is 0.0778. The Morgan fingerprint density at radius 3 is 2.56 bits per heavy atom. The summed E-state index contributed by atoms with van der Waals surface area (Å²) in [5.74, 6) is -1.27. The first-order chi connectivity index (χ1) is 7.68. The Labute approximate surface area is 89.5 Å². The molecule has 0 fully saturated rings. The Hall–Kier alpha value is -2.11. The van der Waals surface area contributed by atoms with Crippen LogP contribution in [0.4, 0.5) is 8.78 Å². The fourth-order valence-corrected chi connectivity index (χ4v) is 1.21. The number of aromatic nitrogens is 3. The van der Waals surface area contributed by atoms with Crippen molar-refractivity contribution in [2.75, 3.05) is 0 Å². The first kappa shape index (κ1) is 10.4. The molecule has 0 amide bonds. The molecule has 2 aromatic rings. The van der Waals surface area contributed by atoms with E-state index >= 15 is 0 Å². The third kappa shape index (κ3) is 1.95. The van der Waals surface area contributed by atoms with Gasteiger partial charge < -0.3 is 0 Å². The number of halogens is 2. The third-order valence-electron chi connectivity index (χ3n) is 2.01. The molecule has 1 aromatic heterocycles. The Kier molecular flexibility index (Phi) is 2.72. The molecular formula is C10H7F2N3O. The molecule has 16 heavy (non-hydrogen) atoms. The highest BCUT2D eigenvalue weighted by Crippen LogP contribution is 2.14. The quantitative estimate of drug-likeness (QED) is 0.745. The summed E-state index contributed by atoms with van der Waals surface area (Å²) < 4.78 is 27.0. The Morgan fingerprint density at radius 2 is 2.00 bits per heavy atom. The summed E-state index contributed by atoms with van der Waals surface area (Å²) in [6, 6.07) is 4.64. The van der Waals surface area contributed by atoms with Crippen LogP contribution in [0.15, 0.2) is 36.9 Å². The average molecular weight is 223 g/mol. The number of carbonyl (C=O) groups excluding carboxylic acids is 1. The molecule has 0 aliphatic carbocycles. The lowest BCUT2D eigenvalue weighted by Crippen LogP contribution is -2.15. The molecule has 2 rings (SSSR count). The van der Waals surface area contributed by atoms with E-state index < -0.39 is 17.9 Å². The van der Waals surface area contributed by atoms with Crippen molar-refractivity contribution < 1.29 is 13.6 Å². The van der Waals surface area contributed by atoms with E-state index in [0.717, 1.165) is 29.5 Å². The molecule has 0 saturated carbocycles. The fourth-order valence-electron chi connectivity index (χ4n) is 1.21. The molecule has 0 spiro atoms. The molecule has 1 unspecified atom stereocenters. The smallest absolute Gasteiger partial charge is 0.255 e. The van der Waals surface area contributed by atoms with Crippen LogP contribution < -0.4 is 0 Å². The zero-order chi connectivity index (χ0) is 11.5. The monoisotopic (exact) mass is 223 g/mol. The lowest BCUT2D eigenvalue weighted by Gasteiger charge is -2.06. The standard InChI is InChI=1S/C10H7F2N3O/c11-8-3-1-7(2-4-8)9(16)10(12)15-6-13-5-14-15/h1-6,10H. The summed E-state index contributed by atoms with van der Waals surface area (Å²) in [5.41, 5.74) is 0.0874. The molecule has 0 aliphatic heterocycles. The number of hydrogen-bond donors (Lipinski definition) is 0. The second-order valence-corrected chi connectivity index (χ2v) is 3.08. The Morgan fingerprint density at radius 1 is 1.31 bits per heavy atom. The van der Waals surface area contributed by atoms with Gasteiger partial charge in [-0.25, -0.2) is 18.4 Å². The summed E-state index contributed by atoms with van der Waals surface area (Å²) in [5, 5.41) is 3.52. The van der Waals surface area contributed by atoms with Crippen LogP contribution in [-0.2, 0) is 0 Å². The molecule has 4 nitrogen and oxygen atoms in total. The minimum Gasteiger partial charge on any atom is -0.289 e. The molecule has 6 heteroatoms. The van der Waals surface area contributed by atoms with Gasteiger partial charge in [0, 0.05) is 5.56 Å². The van der Waals surface area contributed by atoms with Crippen LogP contribution in [-0.4, -0.2) is 20.5 Å². The van der Waals surface area contributed by atoms with Gasteiger partial charge >= 0.3 is 0 Å². The van der Waals surface area contributed by atoms with E-state index in [0.29, 0.717) is 0 Å². The van der Waals surface area contributed by atoms with Gasteiger partial charge in [0.05, 0.1) is 0 Å². The molecule has 0 saturated heterocycles. The minimum absolute atomic E-state index is 0.0874. The molecule has 1 atom stereocenters. The van der Waals surface area contributed by atoms with Crippen LogP contribution >= 0.6 is 0 Å². The molecule has 82 valence electrons. The van der Waals surface area contributed by atoms with Crippen LogP contribution in [0.2, 0.25) is 0 Å². The van der Waals surface area contributed by atoms with Crippen LogP contribution in [0.5, 0.6) is 0 Å². The van der Waals surface area contributed by atoms with Crippen molar-refractivity contribution in [2.24, 2.45) is 0 Å². The van der Waals surface area contributed by atoms with Crippen LogP contribution in [0, 0.1) is 5.82 Å². The van der Waals surface area contributed by atoms with Crippen molar-refractivity contribution in [3.05, 3.63) is 48.3 Å². The number of nitrogens with zero attached hydrogens (tertiary/aromatic N) is 3. The largest absolute Gasteiger partial charge is 0.289 e. The predicted molar refractivity (Wildman–Crippen MR) is 50.9 cm³/mol. The lowest BCUT2D eigenvalue weighted by atomic mass is 10.1. The van der Waals surface area contributed by atoms with E-state index in [4.69, 9.17) is 0 Å². The second kappa shape index (κ2) is 4.18. The SMILES string of the molecule is O=C(c1ccc(F)cc1)C(F)n1cncn1. The highest BCUT2D eigenvalue weighted by Gasteiger charge is 2.21. The maximum atomic E-state index is 13.6.